The number of nitrogens with two attached hydrogens (primary N) is 1. The van der Waals surface area contributed by atoms with Gasteiger partial charge in [0.2, 0.25) is 0 Å². The third kappa shape index (κ3) is 2.07. The molecule has 2 heteroatoms. The van der Waals surface area contributed by atoms with Crippen LogP contribution in [0, 0.1) is 6.92 Å². The summed E-state index contributed by atoms with van der Waals surface area (Å²) in [6.07, 6.45) is 3.11. The highest BCUT2D eigenvalue weighted by molar-refractivity contribution is 5.41. The average molecular weight is 219 g/mol. The summed E-state index contributed by atoms with van der Waals surface area (Å²) in [5.41, 5.74) is 8.56. The van der Waals surface area contributed by atoms with Crippen LogP contribution in [0.5, 0.6) is 5.75 Å². The van der Waals surface area contributed by atoms with Gasteiger partial charge in [0.1, 0.15) is 11.4 Å². The second kappa shape index (κ2) is 4.10. The van der Waals surface area contributed by atoms with Crippen molar-refractivity contribution in [2.75, 3.05) is 0 Å². The number of hydrogen-bond donors (Lipinski definition) is 1. The molecule has 0 radical (unpaired) electrons. The van der Waals surface area contributed by atoms with Gasteiger partial charge in [0.15, 0.2) is 0 Å². The molecule has 0 saturated carbocycles. The fourth-order valence-electron chi connectivity index (χ4n) is 2.61. The Morgan fingerprint density at radius 3 is 2.94 bits per heavy atom. The Morgan fingerprint density at radius 2 is 2.25 bits per heavy atom. The molecule has 1 unspecified atom stereocenters. The van der Waals surface area contributed by atoms with Crippen molar-refractivity contribution in [3.63, 3.8) is 0 Å². The first-order valence-corrected chi connectivity index (χ1v) is 6.09. The molecule has 1 heterocycles. The summed E-state index contributed by atoms with van der Waals surface area (Å²) in [5.74, 6) is 0.973. The molecule has 2 rings (SSSR count). The summed E-state index contributed by atoms with van der Waals surface area (Å²) in [6.45, 7) is 6.44. The van der Waals surface area contributed by atoms with Crippen LogP contribution in [0.3, 0.4) is 0 Å². The normalized spacial score (nSPS) is 28.4. The highest BCUT2D eigenvalue weighted by Gasteiger charge is 2.34. The Hall–Kier alpha value is -1.02. The summed E-state index contributed by atoms with van der Waals surface area (Å²) >= 11 is 0. The molecular formula is C14H21NO. The van der Waals surface area contributed by atoms with Gasteiger partial charge in [-0.15, -0.1) is 0 Å². The molecule has 88 valence electrons. The number of aryl methyl sites for hydroxylation is 1. The van der Waals surface area contributed by atoms with Crippen LogP contribution >= 0.6 is 0 Å². The zero-order valence-corrected chi connectivity index (χ0v) is 10.4. The van der Waals surface area contributed by atoms with Gasteiger partial charge in [-0.2, -0.15) is 0 Å². The van der Waals surface area contributed by atoms with Crippen molar-refractivity contribution >= 4 is 0 Å². The maximum atomic E-state index is 6.24. The van der Waals surface area contributed by atoms with E-state index in [0.29, 0.717) is 0 Å². The molecule has 1 aromatic rings. The molecule has 0 aliphatic carbocycles. The van der Waals surface area contributed by atoms with Crippen molar-refractivity contribution < 1.29 is 4.74 Å². The van der Waals surface area contributed by atoms with E-state index in [-0.39, 0.29) is 11.6 Å². The quantitative estimate of drug-likeness (QED) is 0.828. The fraction of sp³-hybridized carbons (Fsp3) is 0.571. The van der Waals surface area contributed by atoms with E-state index in [1.807, 2.05) is 0 Å². The molecule has 0 amide bonds. The molecule has 1 aliphatic rings. The first-order chi connectivity index (χ1) is 7.54. The molecule has 1 aromatic carbocycles. The van der Waals surface area contributed by atoms with E-state index in [0.717, 1.165) is 30.6 Å². The lowest BCUT2D eigenvalue weighted by molar-refractivity contribution is 0.0448. The van der Waals surface area contributed by atoms with Gasteiger partial charge in [-0.25, -0.2) is 0 Å². The van der Waals surface area contributed by atoms with Crippen molar-refractivity contribution in [2.24, 2.45) is 5.73 Å². The van der Waals surface area contributed by atoms with E-state index in [9.17, 15) is 0 Å². The lowest BCUT2D eigenvalue weighted by Crippen LogP contribution is -2.40. The molecule has 2 N–H and O–H groups in total. The van der Waals surface area contributed by atoms with E-state index >= 15 is 0 Å². The third-order valence-electron chi connectivity index (χ3n) is 3.35. The van der Waals surface area contributed by atoms with Crippen LogP contribution in [-0.2, 0) is 0 Å². The van der Waals surface area contributed by atoms with Crippen molar-refractivity contribution in [3.05, 3.63) is 29.3 Å². The Kier molecular flexibility index (Phi) is 2.94. The number of rotatable bonds is 2. The maximum Gasteiger partial charge on any atom is 0.124 e. The van der Waals surface area contributed by atoms with Crippen LogP contribution in [0.25, 0.3) is 0 Å². The zero-order chi connectivity index (χ0) is 11.8. The van der Waals surface area contributed by atoms with E-state index in [1.165, 1.54) is 5.56 Å². The molecule has 0 bridgehead atoms. The highest BCUT2D eigenvalue weighted by Crippen LogP contribution is 2.40. The van der Waals surface area contributed by atoms with E-state index < -0.39 is 0 Å². The van der Waals surface area contributed by atoms with Gasteiger partial charge in [-0.1, -0.05) is 31.0 Å². The number of ether oxygens (including phenoxy) is 1. The molecule has 2 nitrogen and oxygen atoms in total. The minimum Gasteiger partial charge on any atom is -0.487 e. The van der Waals surface area contributed by atoms with Crippen LogP contribution in [0.1, 0.15) is 50.3 Å². The SMILES string of the molecule is CCCC1(C)C[C@@H](N)c2cc(C)ccc2O1. The molecule has 0 saturated heterocycles. The monoisotopic (exact) mass is 219 g/mol. The molecule has 16 heavy (non-hydrogen) atoms. The smallest absolute Gasteiger partial charge is 0.124 e. The predicted molar refractivity (Wildman–Crippen MR) is 66.7 cm³/mol. The van der Waals surface area contributed by atoms with Crippen molar-refractivity contribution in [1.29, 1.82) is 0 Å². The summed E-state index contributed by atoms with van der Waals surface area (Å²) in [5, 5.41) is 0. The summed E-state index contributed by atoms with van der Waals surface area (Å²) in [6, 6.07) is 6.40. The Morgan fingerprint density at radius 1 is 1.50 bits per heavy atom. The second-order valence-corrected chi connectivity index (χ2v) is 5.15. The minimum absolute atomic E-state index is 0.0869. The average Bonchev–Trinajstić information content (AvgIpc) is 2.19. The topological polar surface area (TPSA) is 35.2 Å². The van der Waals surface area contributed by atoms with Gasteiger partial charge in [-0.3, -0.25) is 0 Å². The zero-order valence-electron chi connectivity index (χ0n) is 10.4. The Balaban J connectivity index is 2.33. The molecular weight excluding hydrogens is 198 g/mol. The summed E-state index contributed by atoms with van der Waals surface area (Å²) in [4.78, 5) is 0. The third-order valence-corrected chi connectivity index (χ3v) is 3.35. The van der Waals surface area contributed by atoms with Crippen LogP contribution in [0.2, 0.25) is 0 Å². The minimum atomic E-state index is -0.0869. The largest absolute Gasteiger partial charge is 0.487 e. The molecule has 0 aromatic heterocycles. The number of fused-ring (bicyclic) bond motifs is 1. The first-order valence-electron chi connectivity index (χ1n) is 6.09. The van der Waals surface area contributed by atoms with Crippen LogP contribution in [0.15, 0.2) is 18.2 Å². The van der Waals surface area contributed by atoms with Gasteiger partial charge in [0, 0.05) is 18.0 Å². The lowest BCUT2D eigenvalue weighted by atomic mass is 9.85. The lowest BCUT2D eigenvalue weighted by Gasteiger charge is -2.39. The van der Waals surface area contributed by atoms with Gasteiger partial charge in [-0.05, 0) is 26.3 Å². The molecule has 0 fully saturated rings. The Labute approximate surface area is 97.8 Å². The fourth-order valence-corrected chi connectivity index (χ4v) is 2.61. The van der Waals surface area contributed by atoms with Crippen molar-refractivity contribution in [2.45, 2.75) is 51.7 Å². The second-order valence-electron chi connectivity index (χ2n) is 5.15. The Bertz CT molecular complexity index is 388. The van der Waals surface area contributed by atoms with Crippen molar-refractivity contribution in [1.82, 2.24) is 0 Å². The molecule has 1 aliphatic heterocycles. The molecule has 2 atom stereocenters. The maximum absolute atomic E-state index is 6.24. The first kappa shape index (κ1) is 11.5. The molecule has 0 spiro atoms. The van der Waals surface area contributed by atoms with E-state index in [1.54, 1.807) is 0 Å². The summed E-state index contributed by atoms with van der Waals surface area (Å²) < 4.78 is 6.11. The van der Waals surface area contributed by atoms with Gasteiger partial charge < -0.3 is 10.5 Å². The van der Waals surface area contributed by atoms with Gasteiger partial charge in [0.25, 0.3) is 0 Å². The van der Waals surface area contributed by atoms with Crippen LogP contribution in [-0.4, -0.2) is 5.60 Å². The number of hydrogen-bond acceptors (Lipinski definition) is 2. The number of benzene rings is 1. The predicted octanol–water partition coefficient (Wildman–Crippen LogP) is 3.34. The summed E-state index contributed by atoms with van der Waals surface area (Å²) in [7, 11) is 0. The van der Waals surface area contributed by atoms with Crippen LogP contribution in [0.4, 0.5) is 0 Å². The highest BCUT2D eigenvalue weighted by atomic mass is 16.5. The van der Waals surface area contributed by atoms with E-state index in [2.05, 4.69) is 39.0 Å². The van der Waals surface area contributed by atoms with Crippen LogP contribution < -0.4 is 10.5 Å². The van der Waals surface area contributed by atoms with E-state index in [4.69, 9.17) is 10.5 Å². The van der Waals surface area contributed by atoms with Crippen molar-refractivity contribution in [3.8, 4) is 5.75 Å². The van der Waals surface area contributed by atoms with Gasteiger partial charge in [0.05, 0.1) is 0 Å². The standard InChI is InChI=1S/C14H21NO/c1-4-7-14(3)9-12(15)11-8-10(2)5-6-13(11)16-14/h5-6,8,12H,4,7,9,15H2,1-3H3/t12-,14?/m1/s1. The van der Waals surface area contributed by atoms with Gasteiger partial charge >= 0.3 is 0 Å².